The van der Waals surface area contributed by atoms with Gasteiger partial charge in [0.25, 0.3) is 0 Å². The summed E-state index contributed by atoms with van der Waals surface area (Å²) in [5.74, 6) is 1.41. The minimum atomic E-state index is 0.619. The number of rotatable bonds is 5. The monoisotopic (exact) mass is 302 g/mol. The fourth-order valence-corrected chi connectivity index (χ4v) is 2.98. The number of hydrogen-bond donors (Lipinski definition) is 0. The van der Waals surface area contributed by atoms with Gasteiger partial charge in [-0.05, 0) is 53.6 Å². The van der Waals surface area contributed by atoms with Gasteiger partial charge in [-0.1, -0.05) is 50.6 Å². The smallest absolute Gasteiger partial charge is 0.120 e. The maximum atomic E-state index is 6.47. The van der Waals surface area contributed by atoms with E-state index in [1.807, 2.05) is 12.1 Å². The van der Waals surface area contributed by atoms with Crippen LogP contribution in [0.1, 0.15) is 31.9 Å². The molecule has 0 aromatic heterocycles. The molecule has 2 rings (SSSR count). The van der Waals surface area contributed by atoms with Gasteiger partial charge in [-0.3, -0.25) is 0 Å². The molecule has 0 atom stereocenters. The zero-order valence-corrected chi connectivity index (χ0v) is 14.0. The molecule has 0 aliphatic heterocycles. The normalized spacial score (nSPS) is 11.0. The zero-order chi connectivity index (χ0) is 15.4. The van der Waals surface area contributed by atoms with Gasteiger partial charge >= 0.3 is 0 Å². The Morgan fingerprint density at radius 3 is 2.43 bits per heavy atom. The molecule has 0 fully saturated rings. The molecule has 2 aromatic rings. The first-order valence-corrected chi connectivity index (χ1v) is 7.89. The molecule has 1 nitrogen and oxygen atoms in total. The largest absolute Gasteiger partial charge is 0.497 e. The Kier molecular flexibility index (Phi) is 5.30. The molecular weight excluding hydrogens is 280 g/mol. The number of benzene rings is 2. The Hall–Kier alpha value is -1.47. The molecule has 2 aromatic carbocycles. The summed E-state index contributed by atoms with van der Waals surface area (Å²) < 4.78 is 5.24. The summed E-state index contributed by atoms with van der Waals surface area (Å²) in [6, 6.07) is 12.4. The van der Waals surface area contributed by atoms with E-state index >= 15 is 0 Å². The van der Waals surface area contributed by atoms with E-state index in [0.717, 1.165) is 29.2 Å². The molecule has 0 saturated carbocycles. The van der Waals surface area contributed by atoms with Crippen molar-refractivity contribution in [3.8, 4) is 16.9 Å². The number of aryl methyl sites for hydroxylation is 1. The van der Waals surface area contributed by atoms with Crippen molar-refractivity contribution < 1.29 is 4.74 Å². The molecule has 0 N–H and O–H groups in total. The molecular formula is C19H23ClO. The van der Waals surface area contributed by atoms with Gasteiger partial charge in [-0.15, -0.1) is 0 Å². The summed E-state index contributed by atoms with van der Waals surface area (Å²) in [6.07, 6.45) is 2.12. The van der Waals surface area contributed by atoms with Crippen LogP contribution in [0.5, 0.6) is 5.75 Å². The van der Waals surface area contributed by atoms with Crippen LogP contribution in [0.3, 0.4) is 0 Å². The Morgan fingerprint density at radius 1 is 1.10 bits per heavy atom. The molecule has 0 aliphatic carbocycles. The van der Waals surface area contributed by atoms with Crippen LogP contribution in [0.15, 0.2) is 36.4 Å². The van der Waals surface area contributed by atoms with Crippen LogP contribution in [0.2, 0.25) is 5.02 Å². The van der Waals surface area contributed by atoms with Crippen molar-refractivity contribution in [1.29, 1.82) is 0 Å². The van der Waals surface area contributed by atoms with Crippen molar-refractivity contribution in [2.45, 2.75) is 33.6 Å². The van der Waals surface area contributed by atoms with E-state index in [-0.39, 0.29) is 0 Å². The first-order chi connectivity index (χ1) is 10.1. The Balaban J connectivity index is 2.57. The first kappa shape index (κ1) is 15.9. The van der Waals surface area contributed by atoms with E-state index in [0.29, 0.717) is 5.92 Å². The number of ether oxygens (including phenoxy) is 1. The van der Waals surface area contributed by atoms with Crippen LogP contribution in [-0.2, 0) is 12.8 Å². The third kappa shape index (κ3) is 3.59. The van der Waals surface area contributed by atoms with Crippen molar-refractivity contribution in [1.82, 2.24) is 0 Å². The second-order valence-corrected chi connectivity index (χ2v) is 6.15. The lowest BCUT2D eigenvalue weighted by Crippen LogP contribution is -2.02. The van der Waals surface area contributed by atoms with E-state index in [2.05, 4.69) is 45.0 Å². The van der Waals surface area contributed by atoms with Gasteiger partial charge in [0.05, 0.1) is 12.1 Å². The maximum Gasteiger partial charge on any atom is 0.120 e. The second-order valence-electron chi connectivity index (χ2n) is 5.74. The Labute approximate surface area is 132 Å². The Bertz CT molecular complexity index is 617. The lowest BCUT2D eigenvalue weighted by molar-refractivity contribution is 0.415. The van der Waals surface area contributed by atoms with Gasteiger partial charge in [0.1, 0.15) is 5.75 Å². The van der Waals surface area contributed by atoms with E-state index < -0.39 is 0 Å². The summed E-state index contributed by atoms with van der Waals surface area (Å²) >= 11 is 6.47. The fraction of sp³-hybridized carbons (Fsp3) is 0.368. The summed E-state index contributed by atoms with van der Waals surface area (Å²) in [5.41, 5.74) is 5.16. The van der Waals surface area contributed by atoms with E-state index in [9.17, 15) is 0 Å². The highest BCUT2D eigenvalue weighted by Crippen LogP contribution is 2.35. The van der Waals surface area contributed by atoms with E-state index in [1.54, 1.807) is 7.11 Å². The molecule has 2 heteroatoms. The van der Waals surface area contributed by atoms with Gasteiger partial charge in [0.15, 0.2) is 0 Å². The van der Waals surface area contributed by atoms with Crippen LogP contribution in [0.25, 0.3) is 11.1 Å². The average molecular weight is 303 g/mol. The minimum Gasteiger partial charge on any atom is -0.497 e. The number of halogens is 1. The maximum absolute atomic E-state index is 6.47. The van der Waals surface area contributed by atoms with E-state index in [1.165, 1.54) is 16.7 Å². The number of methoxy groups -OCH3 is 1. The van der Waals surface area contributed by atoms with Crippen molar-refractivity contribution in [3.05, 3.63) is 52.5 Å². The van der Waals surface area contributed by atoms with Crippen LogP contribution in [0, 0.1) is 5.92 Å². The van der Waals surface area contributed by atoms with Crippen LogP contribution in [0.4, 0.5) is 0 Å². The zero-order valence-electron chi connectivity index (χ0n) is 13.2. The molecule has 0 amide bonds. The predicted octanol–water partition coefficient (Wildman–Crippen LogP) is 5.78. The standard InChI is InChI=1S/C19H23ClO/c1-5-14-7-6-8-16(18(14)11-13(2)3)17-10-9-15(21-4)12-19(17)20/h6-10,12-13H,5,11H2,1-4H3. The molecule has 0 aliphatic rings. The topological polar surface area (TPSA) is 9.23 Å². The third-order valence-electron chi connectivity index (χ3n) is 3.73. The highest BCUT2D eigenvalue weighted by molar-refractivity contribution is 6.33. The SMILES string of the molecule is CCc1cccc(-c2ccc(OC)cc2Cl)c1CC(C)C. The average Bonchev–Trinajstić information content (AvgIpc) is 2.47. The van der Waals surface area contributed by atoms with Crippen molar-refractivity contribution in [2.24, 2.45) is 5.92 Å². The molecule has 0 spiro atoms. The highest BCUT2D eigenvalue weighted by atomic mass is 35.5. The van der Waals surface area contributed by atoms with Gasteiger partial charge in [-0.25, -0.2) is 0 Å². The Morgan fingerprint density at radius 2 is 1.86 bits per heavy atom. The first-order valence-electron chi connectivity index (χ1n) is 7.51. The second kappa shape index (κ2) is 7.00. The van der Waals surface area contributed by atoms with Gasteiger partial charge in [-0.2, -0.15) is 0 Å². The lowest BCUT2D eigenvalue weighted by Gasteiger charge is -2.17. The van der Waals surface area contributed by atoms with Crippen LogP contribution < -0.4 is 4.74 Å². The van der Waals surface area contributed by atoms with E-state index in [4.69, 9.17) is 16.3 Å². The highest BCUT2D eigenvalue weighted by Gasteiger charge is 2.13. The predicted molar refractivity (Wildman–Crippen MR) is 91.4 cm³/mol. The molecule has 21 heavy (non-hydrogen) atoms. The molecule has 0 radical (unpaired) electrons. The summed E-state index contributed by atoms with van der Waals surface area (Å²) in [5, 5.41) is 0.743. The van der Waals surface area contributed by atoms with Gasteiger partial charge in [0.2, 0.25) is 0 Å². The fourth-order valence-electron chi connectivity index (χ4n) is 2.71. The van der Waals surface area contributed by atoms with Crippen LogP contribution in [-0.4, -0.2) is 7.11 Å². The molecule has 0 heterocycles. The molecule has 112 valence electrons. The molecule has 0 saturated heterocycles. The minimum absolute atomic E-state index is 0.619. The van der Waals surface area contributed by atoms with Gasteiger partial charge < -0.3 is 4.74 Å². The van der Waals surface area contributed by atoms with Crippen molar-refractivity contribution in [3.63, 3.8) is 0 Å². The molecule has 0 unspecified atom stereocenters. The third-order valence-corrected chi connectivity index (χ3v) is 4.05. The number of hydrogen-bond acceptors (Lipinski definition) is 1. The summed E-state index contributed by atoms with van der Waals surface area (Å²) in [7, 11) is 1.66. The van der Waals surface area contributed by atoms with Crippen molar-refractivity contribution in [2.75, 3.05) is 7.11 Å². The quantitative estimate of drug-likeness (QED) is 0.680. The van der Waals surface area contributed by atoms with Crippen LogP contribution >= 0.6 is 11.6 Å². The van der Waals surface area contributed by atoms with Crippen molar-refractivity contribution >= 4 is 11.6 Å². The summed E-state index contributed by atoms with van der Waals surface area (Å²) in [6.45, 7) is 6.72. The lowest BCUT2D eigenvalue weighted by atomic mass is 9.89. The molecule has 0 bridgehead atoms. The van der Waals surface area contributed by atoms with Gasteiger partial charge in [0, 0.05) is 5.56 Å². The summed E-state index contributed by atoms with van der Waals surface area (Å²) in [4.78, 5) is 0.